The average molecular weight is 378 g/mol. The third-order valence-corrected chi connectivity index (χ3v) is 3.91. The zero-order chi connectivity index (χ0) is 19.9. The number of hydrogen-bond donors (Lipinski definition) is 2. The van der Waals surface area contributed by atoms with Gasteiger partial charge in [-0.25, -0.2) is 9.78 Å². The Labute approximate surface area is 160 Å². The number of hydrogen-bond acceptors (Lipinski definition) is 6. The minimum atomic E-state index is -0.525. The summed E-state index contributed by atoms with van der Waals surface area (Å²) in [6, 6.07) is 9.76. The maximum Gasteiger partial charge on any atom is 0.330 e. The van der Waals surface area contributed by atoms with Crippen LogP contribution in [0.15, 0.2) is 61.2 Å². The Balaban J connectivity index is 1.93. The smallest absolute Gasteiger partial charge is 0.330 e. The molecule has 28 heavy (non-hydrogen) atoms. The fourth-order valence-electron chi connectivity index (χ4n) is 2.58. The Morgan fingerprint density at radius 2 is 2.04 bits per heavy atom. The van der Waals surface area contributed by atoms with E-state index in [0.717, 1.165) is 11.6 Å². The Morgan fingerprint density at radius 1 is 1.25 bits per heavy atom. The van der Waals surface area contributed by atoms with Gasteiger partial charge in [0.2, 0.25) is 5.78 Å². The van der Waals surface area contributed by atoms with Crippen LogP contribution in [0, 0.1) is 0 Å². The molecular weight excluding hydrogens is 360 g/mol. The molecule has 0 spiro atoms. The van der Waals surface area contributed by atoms with Gasteiger partial charge in [0.15, 0.2) is 5.82 Å². The molecule has 2 heterocycles. The molecule has 2 aromatic heterocycles. The average Bonchev–Trinajstić information content (AvgIpc) is 3.37. The van der Waals surface area contributed by atoms with Crippen molar-refractivity contribution in [1.82, 2.24) is 19.7 Å². The number of carbonyl (C=O) groups excluding carboxylic acids is 2. The summed E-state index contributed by atoms with van der Waals surface area (Å²) in [6.45, 7) is 0.559. The number of aromatic amines is 1. The first kappa shape index (κ1) is 18.8. The Bertz CT molecular complexity index is 1020. The van der Waals surface area contributed by atoms with Crippen LogP contribution in [-0.4, -0.2) is 43.7 Å². The van der Waals surface area contributed by atoms with Crippen molar-refractivity contribution in [3.05, 3.63) is 83.7 Å². The van der Waals surface area contributed by atoms with Crippen molar-refractivity contribution in [3.63, 3.8) is 0 Å². The normalized spacial score (nSPS) is 11.7. The number of ketones is 1. The maximum absolute atomic E-state index is 12.1. The highest BCUT2D eigenvalue weighted by Gasteiger charge is 2.13. The van der Waals surface area contributed by atoms with Gasteiger partial charge in [0, 0.05) is 42.2 Å². The molecule has 1 aromatic carbocycles. The van der Waals surface area contributed by atoms with Crippen molar-refractivity contribution in [2.45, 2.75) is 6.54 Å². The summed E-state index contributed by atoms with van der Waals surface area (Å²) in [6.07, 6.45) is 8.49. The molecule has 0 unspecified atom stereocenters. The molecule has 0 fully saturated rings. The lowest BCUT2D eigenvalue weighted by Crippen LogP contribution is -1.99. The van der Waals surface area contributed by atoms with Crippen LogP contribution in [0.1, 0.15) is 27.3 Å². The summed E-state index contributed by atoms with van der Waals surface area (Å²) in [4.78, 5) is 27.3. The number of methoxy groups -OCH3 is 1. The summed E-state index contributed by atoms with van der Waals surface area (Å²) in [5.41, 5.74) is 2.01. The molecule has 0 aliphatic heterocycles. The second kappa shape index (κ2) is 8.63. The van der Waals surface area contributed by atoms with Crippen LogP contribution in [0.4, 0.5) is 0 Å². The van der Waals surface area contributed by atoms with E-state index < -0.39 is 11.8 Å². The van der Waals surface area contributed by atoms with Gasteiger partial charge in [-0.05, 0) is 11.6 Å². The number of benzene rings is 1. The molecule has 0 saturated heterocycles. The van der Waals surface area contributed by atoms with Gasteiger partial charge in [-0.2, -0.15) is 5.10 Å². The quantitative estimate of drug-likeness (QED) is 0.283. The molecule has 3 aromatic rings. The molecule has 0 radical (unpaired) electrons. The van der Waals surface area contributed by atoms with Crippen molar-refractivity contribution in [3.8, 4) is 0 Å². The van der Waals surface area contributed by atoms with E-state index in [2.05, 4.69) is 19.9 Å². The minimum Gasteiger partial charge on any atom is -0.507 e. The first-order chi connectivity index (χ1) is 13.6. The third kappa shape index (κ3) is 4.61. The number of nitrogens with zero attached hydrogens (tertiary/aromatic N) is 3. The lowest BCUT2D eigenvalue weighted by molar-refractivity contribution is -0.134. The van der Waals surface area contributed by atoms with E-state index in [1.165, 1.54) is 25.6 Å². The number of carbonyl (C=O) groups is 2. The summed E-state index contributed by atoms with van der Waals surface area (Å²) in [7, 11) is 1.28. The van der Waals surface area contributed by atoms with E-state index in [9.17, 15) is 14.7 Å². The van der Waals surface area contributed by atoms with Gasteiger partial charge in [-0.3, -0.25) is 9.89 Å². The van der Waals surface area contributed by atoms with Crippen LogP contribution < -0.4 is 0 Å². The molecule has 0 aliphatic rings. The molecule has 8 heteroatoms. The number of aliphatic hydroxyl groups excluding tert-OH is 1. The number of nitrogens with one attached hydrogen (secondary N) is 1. The van der Waals surface area contributed by atoms with Crippen molar-refractivity contribution in [2.24, 2.45) is 0 Å². The number of allylic oxidation sites excluding steroid dienone is 1. The van der Waals surface area contributed by atoms with Gasteiger partial charge < -0.3 is 14.4 Å². The van der Waals surface area contributed by atoms with Gasteiger partial charge in [0.25, 0.3) is 0 Å². The molecule has 0 atom stereocenters. The molecule has 8 nitrogen and oxygen atoms in total. The summed E-state index contributed by atoms with van der Waals surface area (Å²) >= 11 is 0. The fraction of sp³-hybridized carbons (Fsp3) is 0.100. The topological polar surface area (TPSA) is 110 Å². The molecule has 142 valence electrons. The van der Waals surface area contributed by atoms with Crippen molar-refractivity contribution in [1.29, 1.82) is 0 Å². The van der Waals surface area contributed by atoms with Crippen LogP contribution in [-0.2, 0) is 16.1 Å². The molecule has 0 bridgehead atoms. The first-order valence-corrected chi connectivity index (χ1v) is 8.37. The van der Waals surface area contributed by atoms with Crippen molar-refractivity contribution in [2.75, 3.05) is 7.11 Å². The molecular formula is C20H18N4O4. The van der Waals surface area contributed by atoms with Crippen LogP contribution in [0.25, 0.3) is 11.8 Å². The predicted octanol–water partition coefficient (Wildman–Crippen LogP) is 2.62. The maximum atomic E-state index is 12.1. The highest BCUT2D eigenvalue weighted by Crippen LogP contribution is 2.22. The zero-order valence-electron chi connectivity index (χ0n) is 15.1. The molecule has 0 amide bonds. The van der Waals surface area contributed by atoms with E-state index in [1.54, 1.807) is 12.4 Å². The minimum absolute atomic E-state index is 0.0157. The van der Waals surface area contributed by atoms with Crippen LogP contribution in [0.2, 0.25) is 0 Å². The standard InChI is InChI=1S/C20H18N4O4/c1-28-19(27)8-7-15-11-24(10-14-5-3-2-4-6-14)12-16(15)17(25)9-18(26)20-21-13-22-23-20/h2-9,11-13,25H,10H2,1H3,(H,21,22,23). The number of rotatable bonds is 7. The van der Waals surface area contributed by atoms with Crippen LogP contribution in [0.3, 0.4) is 0 Å². The second-order valence-corrected chi connectivity index (χ2v) is 5.87. The van der Waals surface area contributed by atoms with E-state index >= 15 is 0 Å². The van der Waals surface area contributed by atoms with E-state index in [1.807, 2.05) is 34.9 Å². The molecule has 0 saturated carbocycles. The Kier molecular flexibility index (Phi) is 5.81. The number of aliphatic hydroxyl groups is 1. The van der Waals surface area contributed by atoms with Gasteiger partial charge in [-0.1, -0.05) is 30.3 Å². The summed E-state index contributed by atoms with van der Waals surface area (Å²) in [5, 5.41) is 16.5. The zero-order valence-corrected chi connectivity index (χ0v) is 15.1. The first-order valence-electron chi connectivity index (χ1n) is 8.37. The summed E-state index contributed by atoms with van der Waals surface area (Å²) in [5.74, 6) is -1.28. The molecule has 0 aliphatic carbocycles. The van der Waals surface area contributed by atoms with Crippen molar-refractivity contribution < 1.29 is 19.4 Å². The predicted molar refractivity (Wildman–Crippen MR) is 102 cm³/mol. The Hall–Kier alpha value is -3.94. The number of esters is 1. The summed E-state index contributed by atoms with van der Waals surface area (Å²) < 4.78 is 6.46. The van der Waals surface area contributed by atoms with Crippen molar-refractivity contribution >= 4 is 23.6 Å². The Morgan fingerprint density at radius 3 is 2.71 bits per heavy atom. The van der Waals surface area contributed by atoms with Crippen LogP contribution in [0.5, 0.6) is 0 Å². The second-order valence-electron chi connectivity index (χ2n) is 5.87. The number of aromatic nitrogens is 4. The molecule has 3 rings (SSSR count). The number of H-pyrrole nitrogens is 1. The monoisotopic (exact) mass is 378 g/mol. The van der Waals surface area contributed by atoms with E-state index in [-0.39, 0.29) is 11.6 Å². The van der Waals surface area contributed by atoms with E-state index in [4.69, 9.17) is 0 Å². The SMILES string of the molecule is COC(=O)C=Cc1cn(Cc2ccccc2)cc1C(O)=CC(=O)c1ncn[nH]1. The van der Waals surface area contributed by atoms with E-state index in [0.29, 0.717) is 17.7 Å². The fourth-order valence-corrected chi connectivity index (χ4v) is 2.58. The van der Waals surface area contributed by atoms with Gasteiger partial charge in [0.1, 0.15) is 12.1 Å². The largest absolute Gasteiger partial charge is 0.507 e. The lowest BCUT2D eigenvalue weighted by atomic mass is 10.1. The number of ether oxygens (including phenoxy) is 1. The molecule has 2 N–H and O–H groups in total. The highest BCUT2D eigenvalue weighted by molar-refractivity contribution is 6.05. The lowest BCUT2D eigenvalue weighted by Gasteiger charge is -2.02. The van der Waals surface area contributed by atoms with Gasteiger partial charge >= 0.3 is 5.97 Å². The van der Waals surface area contributed by atoms with Crippen LogP contribution >= 0.6 is 0 Å². The van der Waals surface area contributed by atoms with Gasteiger partial charge in [0.05, 0.1) is 7.11 Å². The van der Waals surface area contributed by atoms with Gasteiger partial charge in [-0.15, -0.1) is 0 Å². The third-order valence-electron chi connectivity index (χ3n) is 3.91. The highest BCUT2D eigenvalue weighted by atomic mass is 16.5.